The minimum Gasteiger partial charge on any atom is -0.309 e. The van der Waals surface area contributed by atoms with Crippen LogP contribution in [0.3, 0.4) is 0 Å². The van der Waals surface area contributed by atoms with Crippen molar-refractivity contribution in [1.29, 1.82) is 0 Å². The van der Waals surface area contributed by atoms with Crippen LogP contribution in [-0.2, 0) is 0 Å². The normalized spacial score (nSPS) is 10.9. The van der Waals surface area contributed by atoms with Crippen LogP contribution >= 0.6 is 0 Å². The molecule has 0 saturated carbocycles. The van der Waals surface area contributed by atoms with E-state index in [1.165, 1.54) is 0 Å². The van der Waals surface area contributed by atoms with E-state index >= 15 is 0 Å². The van der Waals surface area contributed by atoms with Gasteiger partial charge in [0.1, 0.15) is 17.5 Å². The molecule has 9 aromatic carbocycles. The first kappa shape index (κ1) is 46.7. The summed E-state index contributed by atoms with van der Waals surface area (Å²) < 4.78 is 0. The van der Waals surface area contributed by atoms with Crippen molar-refractivity contribution in [2.75, 3.05) is 19.6 Å². The zero-order chi connectivity index (χ0) is 50.9. The van der Waals surface area contributed by atoms with Crippen molar-refractivity contribution in [2.24, 2.45) is 0 Å². The molecule has 0 N–H and O–H groups in total. The SMILES string of the molecule is c1ccc(N(c2ccccc2)c2ccc(-c3ccccc3N(c3ccccc3-c3ccc(N(c4ccccc4)c4ccccc4)nc3)c3ccccc3-c3ccc(N(c4ccccc4)c4ccccc4)nc3)cn2)cc1. The second kappa shape index (κ2) is 21.8. The Hall–Kier alpha value is -10.4. The van der Waals surface area contributed by atoms with Crippen LogP contribution in [0.25, 0.3) is 33.4 Å². The smallest absolute Gasteiger partial charge is 0.137 e. The minimum absolute atomic E-state index is 0.814. The van der Waals surface area contributed by atoms with Crippen LogP contribution in [0, 0.1) is 0 Å². The maximum absolute atomic E-state index is 5.20. The standard InChI is InChI=1S/C69H51N7/c1-7-25-55(26-8-1)73(56-27-9-2-10-28-56)67-46-43-52(49-70-67)61-37-19-22-40-64(61)76(65-41-23-20-38-62(65)53-44-47-68(71-50-53)74(57-29-11-3-12-30-57)58-31-13-4-14-32-58)66-42-24-21-39-63(66)54-45-48-69(72-51-54)75(59-33-15-5-16-34-59)60-35-17-6-18-36-60/h1-51H. The van der Waals surface area contributed by atoms with Gasteiger partial charge in [0.25, 0.3) is 0 Å². The van der Waals surface area contributed by atoms with Crippen LogP contribution in [-0.4, -0.2) is 15.0 Å². The van der Waals surface area contributed by atoms with Crippen LogP contribution < -0.4 is 19.6 Å². The van der Waals surface area contributed by atoms with Crippen molar-refractivity contribution in [2.45, 2.75) is 0 Å². The Labute approximate surface area is 444 Å². The lowest BCUT2D eigenvalue weighted by Crippen LogP contribution is -2.14. The third-order valence-electron chi connectivity index (χ3n) is 13.4. The predicted octanol–water partition coefficient (Wildman–Crippen LogP) is 18.8. The van der Waals surface area contributed by atoms with E-state index < -0.39 is 0 Å². The van der Waals surface area contributed by atoms with Gasteiger partial charge in [-0.15, -0.1) is 0 Å². The van der Waals surface area contributed by atoms with E-state index in [9.17, 15) is 0 Å². The minimum atomic E-state index is 0.814. The van der Waals surface area contributed by atoms with Gasteiger partial charge in [-0.05, 0) is 127 Å². The second-order valence-corrected chi connectivity index (χ2v) is 18.1. The molecule has 0 saturated heterocycles. The Morgan fingerprint density at radius 3 is 0.605 bits per heavy atom. The largest absolute Gasteiger partial charge is 0.309 e. The van der Waals surface area contributed by atoms with Crippen LogP contribution in [0.2, 0.25) is 0 Å². The molecule has 0 spiro atoms. The highest BCUT2D eigenvalue weighted by Crippen LogP contribution is 2.48. The Morgan fingerprint density at radius 2 is 0.395 bits per heavy atom. The molecule has 0 fully saturated rings. The Morgan fingerprint density at radius 1 is 0.184 bits per heavy atom. The number of benzene rings is 9. The fraction of sp³-hybridized carbons (Fsp3) is 0. The molecule has 12 aromatic rings. The van der Waals surface area contributed by atoms with Gasteiger partial charge in [-0.2, -0.15) is 0 Å². The summed E-state index contributed by atoms with van der Waals surface area (Å²) >= 11 is 0. The Kier molecular flexibility index (Phi) is 13.4. The quantitative estimate of drug-likeness (QED) is 0.101. The first-order valence-corrected chi connectivity index (χ1v) is 25.4. The third kappa shape index (κ3) is 9.67. The van der Waals surface area contributed by atoms with Gasteiger partial charge >= 0.3 is 0 Å². The predicted molar refractivity (Wildman–Crippen MR) is 315 cm³/mol. The van der Waals surface area contributed by atoms with Crippen molar-refractivity contribution in [3.8, 4) is 33.4 Å². The Bertz CT molecular complexity index is 3270. The van der Waals surface area contributed by atoms with Gasteiger partial charge in [-0.1, -0.05) is 164 Å². The zero-order valence-corrected chi connectivity index (χ0v) is 41.6. The van der Waals surface area contributed by atoms with Crippen LogP contribution in [0.4, 0.5) is 68.6 Å². The van der Waals surface area contributed by atoms with E-state index in [1.54, 1.807) is 0 Å². The summed E-state index contributed by atoms with van der Waals surface area (Å²) in [5.74, 6) is 2.44. The molecule has 3 aromatic heterocycles. The molecule has 7 nitrogen and oxygen atoms in total. The van der Waals surface area contributed by atoms with Gasteiger partial charge in [0.2, 0.25) is 0 Å². The van der Waals surface area contributed by atoms with Gasteiger partial charge in [0.15, 0.2) is 0 Å². The molecule has 0 aliphatic carbocycles. The first-order valence-electron chi connectivity index (χ1n) is 25.4. The lowest BCUT2D eigenvalue weighted by atomic mass is 9.97. The lowest BCUT2D eigenvalue weighted by molar-refractivity contribution is 1.18. The van der Waals surface area contributed by atoms with E-state index in [-0.39, 0.29) is 0 Å². The van der Waals surface area contributed by atoms with E-state index in [2.05, 4.69) is 274 Å². The van der Waals surface area contributed by atoms with Gasteiger partial charge in [0.05, 0.1) is 17.1 Å². The molecule has 3 heterocycles. The summed E-state index contributed by atoms with van der Waals surface area (Å²) in [7, 11) is 0. The number of aromatic nitrogens is 3. The molecule has 0 atom stereocenters. The summed E-state index contributed by atoms with van der Waals surface area (Å²) in [4.78, 5) is 24.5. The average Bonchev–Trinajstić information content (AvgIpc) is 3.51. The highest BCUT2D eigenvalue weighted by molar-refractivity contribution is 5.97. The number of pyridine rings is 3. The van der Waals surface area contributed by atoms with Crippen molar-refractivity contribution in [3.63, 3.8) is 0 Å². The highest BCUT2D eigenvalue weighted by atomic mass is 15.2. The van der Waals surface area contributed by atoms with E-state index in [1.807, 2.05) is 55.0 Å². The summed E-state index contributed by atoms with van der Waals surface area (Å²) in [5, 5.41) is 0. The summed E-state index contributed by atoms with van der Waals surface area (Å²) in [6.07, 6.45) is 5.97. The third-order valence-corrected chi connectivity index (χ3v) is 13.4. The highest BCUT2D eigenvalue weighted by Gasteiger charge is 2.25. The zero-order valence-electron chi connectivity index (χ0n) is 41.6. The van der Waals surface area contributed by atoms with Gasteiger partial charge in [0, 0.05) is 86.1 Å². The molecule has 12 rings (SSSR count). The van der Waals surface area contributed by atoms with Crippen LogP contribution in [0.1, 0.15) is 0 Å². The monoisotopic (exact) mass is 977 g/mol. The van der Waals surface area contributed by atoms with Gasteiger partial charge < -0.3 is 4.90 Å². The number of hydrogen-bond donors (Lipinski definition) is 0. The van der Waals surface area contributed by atoms with Gasteiger partial charge in [-0.3, -0.25) is 14.7 Å². The second-order valence-electron chi connectivity index (χ2n) is 18.1. The molecule has 7 heteroatoms. The lowest BCUT2D eigenvalue weighted by Gasteiger charge is -2.31. The van der Waals surface area contributed by atoms with Crippen LogP contribution in [0.15, 0.2) is 310 Å². The molecule has 0 unspecified atom stereocenters. The molecule has 0 bridgehead atoms. The van der Waals surface area contributed by atoms with Crippen molar-refractivity contribution < 1.29 is 0 Å². The number of hydrogen-bond acceptors (Lipinski definition) is 7. The number of nitrogens with zero attached hydrogens (tertiary/aromatic N) is 7. The summed E-state index contributed by atoms with van der Waals surface area (Å²) in [6, 6.07) is 101. The number of para-hydroxylation sites is 9. The molecular weight excluding hydrogens is 927 g/mol. The van der Waals surface area contributed by atoms with E-state index in [4.69, 9.17) is 15.0 Å². The molecule has 0 aliphatic rings. The van der Waals surface area contributed by atoms with E-state index in [0.29, 0.717) is 0 Å². The fourth-order valence-electron chi connectivity index (χ4n) is 9.86. The Balaban J connectivity index is 0.993. The number of anilines is 12. The average molecular weight is 978 g/mol. The first-order chi connectivity index (χ1) is 37.7. The van der Waals surface area contributed by atoms with Gasteiger partial charge in [-0.25, -0.2) is 15.0 Å². The topological polar surface area (TPSA) is 51.6 Å². The molecule has 0 radical (unpaired) electrons. The molecule has 0 aliphatic heterocycles. The maximum Gasteiger partial charge on any atom is 0.137 e. The fourth-order valence-corrected chi connectivity index (χ4v) is 9.86. The van der Waals surface area contributed by atoms with Crippen molar-refractivity contribution >= 4 is 68.6 Å². The van der Waals surface area contributed by atoms with Crippen LogP contribution in [0.5, 0.6) is 0 Å². The molecule has 76 heavy (non-hydrogen) atoms. The number of rotatable bonds is 15. The molecular formula is C69H51N7. The molecule has 0 amide bonds. The maximum atomic E-state index is 5.20. The summed E-state index contributed by atoms with van der Waals surface area (Å²) in [5.41, 5.74) is 15.1. The summed E-state index contributed by atoms with van der Waals surface area (Å²) in [6.45, 7) is 0. The van der Waals surface area contributed by atoms with Crippen molar-refractivity contribution in [1.82, 2.24) is 15.0 Å². The van der Waals surface area contributed by atoms with E-state index in [0.717, 1.165) is 102 Å². The molecule has 362 valence electrons. The van der Waals surface area contributed by atoms with Crippen molar-refractivity contribution in [3.05, 3.63) is 310 Å².